The minimum atomic E-state index is 0.0447. The van der Waals surface area contributed by atoms with E-state index in [1.165, 1.54) is 11.1 Å². The van der Waals surface area contributed by atoms with E-state index in [0.717, 1.165) is 38.0 Å². The van der Waals surface area contributed by atoms with Crippen LogP contribution in [0.2, 0.25) is 0 Å². The van der Waals surface area contributed by atoms with Crippen molar-refractivity contribution in [1.29, 1.82) is 0 Å². The highest BCUT2D eigenvalue weighted by Gasteiger charge is 2.21. The van der Waals surface area contributed by atoms with Gasteiger partial charge in [0.2, 0.25) is 0 Å². The van der Waals surface area contributed by atoms with Crippen LogP contribution in [-0.2, 0) is 6.54 Å². The Morgan fingerprint density at radius 1 is 1.04 bits per heavy atom. The van der Waals surface area contributed by atoms with Gasteiger partial charge in [0.1, 0.15) is 0 Å². The molecule has 2 aromatic rings. The quantitative estimate of drug-likeness (QED) is 0.887. The molecule has 0 spiro atoms. The number of hydrogen-bond donors (Lipinski definition) is 1. The lowest BCUT2D eigenvalue weighted by molar-refractivity contribution is 0.0909. The van der Waals surface area contributed by atoms with E-state index in [4.69, 9.17) is 0 Å². The molecule has 0 radical (unpaired) electrons. The molecule has 0 unspecified atom stereocenters. The molecular formula is C22H28N2O. The van der Waals surface area contributed by atoms with E-state index in [9.17, 15) is 4.79 Å². The average Bonchev–Trinajstić information content (AvgIpc) is 2.64. The van der Waals surface area contributed by atoms with Gasteiger partial charge < -0.3 is 5.32 Å². The van der Waals surface area contributed by atoms with E-state index in [1.54, 1.807) is 0 Å². The third-order valence-electron chi connectivity index (χ3n) is 5.01. The first-order valence-electron chi connectivity index (χ1n) is 9.29. The number of hydrogen-bond acceptors (Lipinski definition) is 2. The molecule has 3 heteroatoms. The number of amides is 1. The fraction of sp³-hybridized carbons (Fsp3) is 0.409. The van der Waals surface area contributed by atoms with Crippen molar-refractivity contribution >= 4 is 5.91 Å². The molecule has 25 heavy (non-hydrogen) atoms. The number of nitrogens with one attached hydrogen (secondary N) is 1. The zero-order chi connectivity index (χ0) is 17.6. The fourth-order valence-electron chi connectivity index (χ4n) is 3.36. The summed E-state index contributed by atoms with van der Waals surface area (Å²) in [5.74, 6) is 0.626. The molecule has 0 aliphatic carbocycles. The van der Waals surface area contributed by atoms with E-state index in [2.05, 4.69) is 48.3 Å². The van der Waals surface area contributed by atoms with Gasteiger partial charge in [0.25, 0.3) is 5.91 Å². The third kappa shape index (κ3) is 4.93. The molecule has 2 aromatic carbocycles. The van der Waals surface area contributed by atoms with Crippen LogP contribution in [0.25, 0.3) is 0 Å². The summed E-state index contributed by atoms with van der Waals surface area (Å²) in [6, 6.07) is 18.7. The van der Waals surface area contributed by atoms with Gasteiger partial charge in [0, 0.05) is 31.2 Å². The van der Waals surface area contributed by atoms with Gasteiger partial charge in [-0.3, -0.25) is 9.69 Å². The predicted octanol–water partition coefficient (Wildman–Crippen LogP) is 4.20. The van der Waals surface area contributed by atoms with Gasteiger partial charge in [-0.25, -0.2) is 0 Å². The van der Waals surface area contributed by atoms with Gasteiger partial charge in [0.15, 0.2) is 0 Å². The van der Waals surface area contributed by atoms with Crippen molar-refractivity contribution in [2.75, 3.05) is 13.1 Å². The van der Waals surface area contributed by atoms with Crippen molar-refractivity contribution in [2.45, 2.75) is 45.2 Å². The van der Waals surface area contributed by atoms with Crippen LogP contribution in [0.15, 0.2) is 54.6 Å². The van der Waals surface area contributed by atoms with E-state index in [-0.39, 0.29) is 11.9 Å². The Morgan fingerprint density at radius 2 is 1.68 bits per heavy atom. The van der Waals surface area contributed by atoms with Gasteiger partial charge in [0.05, 0.1) is 0 Å². The zero-order valence-electron chi connectivity index (χ0n) is 15.2. The van der Waals surface area contributed by atoms with Crippen LogP contribution in [0, 0.1) is 0 Å². The second-order valence-electron chi connectivity index (χ2n) is 7.29. The molecule has 1 saturated heterocycles. The molecule has 0 atom stereocenters. The maximum absolute atomic E-state index is 12.2. The molecule has 1 amide bonds. The molecule has 1 heterocycles. The van der Waals surface area contributed by atoms with Crippen molar-refractivity contribution in [3.05, 3.63) is 71.3 Å². The van der Waals surface area contributed by atoms with Gasteiger partial charge in [-0.2, -0.15) is 0 Å². The first-order valence-corrected chi connectivity index (χ1v) is 9.29. The highest BCUT2D eigenvalue weighted by atomic mass is 16.1. The first kappa shape index (κ1) is 17.7. The Hall–Kier alpha value is -2.13. The fourth-order valence-corrected chi connectivity index (χ4v) is 3.36. The number of piperidine rings is 1. The standard InChI is InChI=1S/C22H28N2O/c1-17(2)19-10-8-18(9-11-19)16-24-14-12-21(13-15-24)23-22(25)20-6-4-3-5-7-20/h3-11,17,21H,12-16H2,1-2H3,(H,23,25). The topological polar surface area (TPSA) is 32.3 Å². The molecule has 0 saturated carbocycles. The molecule has 1 aliphatic rings. The number of likely N-dealkylation sites (tertiary alicyclic amines) is 1. The monoisotopic (exact) mass is 336 g/mol. The third-order valence-corrected chi connectivity index (χ3v) is 5.01. The van der Waals surface area contributed by atoms with Crippen LogP contribution in [-0.4, -0.2) is 29.9 Å². The highest BCUT2D eigenvalue weighted by Crippen LogP contribution is 2.18. The smallest absolute Gasteiger partial charge is 0.251 e. The molecule has 132 valence electrons. The average molecular weight is 336 g/mol. The summed E-state index contributed by atoms with van der Waals surface area (Å²) in [5.41, 5.74) is 3.51. The number of carbonyl (C=O) groups is 1. The maximum Gasteiger partial charge on any atom is 0.251 e. The number of nitrogens with zero attached hydrogens (tertiary/aromatic N) is 1. The van der Waals surface area contributed by atoms with Crippen molar-refractivity contribution in [3.8, 4) is 0 Å². The summed E-state index contributed by atoms with van der Waals surface area (Å²) in [6.45, 7) is 7.52. The molecule has 1 N–H and O–H groups in total. The van der Waals surface area contributed by atoms with Gasteiger partial charge in [-0.15, -0.1) is 0 Å². The van der Waals surface area contributed by atoms with E-state index < -0.39 is 0 Å². The van der Waals surface area contributed by atoms with Crippen molar-refractivity contribution in [2.24, 2.45) is 0 Å². The van der Waals surface area contributed by atoms with Crippen LogP contribution in [0.5, 0.6) is 0 Å². The second-order valence-corrected chi connectivity index (χ2v) is 7.29. The van der Waals surface area contributed by atoms with E-state index >= 15 is 0 Å². The molecule has 3 nitrogen and oxygen atoms in total. The summed E-state index contributed by atoms with van der Waals surface area (Å²) >= 11 is 0. The maximum atomic E-state index is 12.2. The Kier molecular flexibility index (Phi) is 5.87. The van der Waals surface area contributed by atoms with E-state index in [0.29, 0.717) is 5.92 Å². The van der Waals surface area contributed by atoms with Crippen LogP contribution in [0.1, 0.15) is 54.1 Å². The van der Waals surface area contributed by atoms with E-state index in [1.807, 2.05) is 30.3 Å². The van der Waals surface area contributed by atoms with Crippen molar-refractivity contribution < 1.29 is 4.79 Å². The summed E-state index contributed by atoms with van der Waals surface area (Å²) in [5, 5.41) is 3.17. The lowest BCUT2D eigenvalue weighted by Crippen LogP contribution is -2.44. The molecule has 0 bridgehead atoms. The van der Waals surface area contributed by atoms with Crippen LogP contribution in [0.4, 0.5) is 0 Å². The first-order chi connectivity index (χ1) is 12.1. The van der Waals surface area contributed by atoms with Crippen LogP contribution < -0.4 is 5.32 Å². The summed E-state index contributed by atoms with van der Waals surface area (Å²) in [4.78, 5) is 14.7. The lowest BCUT2D eigenvalue weighted by Gasteiger charge is -2.32. The zero-order valence-corrected chi connectivity index (χ0v) is 15.2. The molecule has 1 fully saturated rings. The highest BCUT2D eigenvalue weighted by molar-refractivity contribution is 5.94. The molecular weight excluding hydrogens is 308 g/mol. The second kappa shape index (κ2) is 8.30. The van der Waals surface area contributed by atoms with Crippen LogP contribution in [0.3, 0.4) is 0 Å². The summed E-state index contributed by atoms with van der Waals surface area (Å²) < 4.78 is 0. The normalized spacial score (nSPS) is 16.1. The molecule has 0 aromatic heterocycles. The molecule has 1 aliphatic heterocycles. The van der Waals surface area contributed by atoms with Gasteiger partial charge in [-0.05, 0) is 42.0 Å². The Bertz CT molecular complexity index is 671. The summed E-state index contributed by atoms with van der Waals surface area (Å²) in [7, 11) is 0. The minimum Gasteiger partial charge on any atom is -0.349 e. The van der Waals surface area contributed by atoms with Gasteiger partial charge in [-0.1, -0.05) is 56.3 Å². The Labute approximate surface area is 151 Å². The number of rotatable bonds is 5. The minimum absolute atomic E-state index is 0.0447. The van der Waals surface area contributed by atoms with Gasteiger partial charge >= 0.3 is 0 Å². The Balaban J connectivity index is 1.46. The SMILES string of the molecule is CC(C)c1ccc(CN2CCC(NC(=O)c3ccccc3)CC2)cc1. The summed E-state index contributed by atoms with van der Waals surface area (Å²) in [6.07, 6.45) is 2.03. The van der Waals surface area contributed by atoms with Crippen molar-refractivity contribution in [1.82, 2.24) is 10.2 Å². The molecule has 3 rings (SSSR count). The number of carbonyl (C=O) groups excluding carboxylic acids is 1. The Morgan fingerprint density at radius 3 is 2.28 bits per heavy atom. The predicted molar refractivity (Wildman–Crippen MR) is 103 cm³/mol. The van der Waals surface area contributed by atoms with Crippen LogP contribution >= 0.6 is 0 Å². The lowest BCUT2D eigenvalue weighted by atomic mass is 10.0. The van der Waals surface area contributed by atoms with Crippen molar-refractivity contribution in [3.63, 3.8) is 0 Å². The largest absolute Gasteiger partial charge is 0.349 e. The number of benzene rings is 2.